The Hall–Kier alpha value is -0.740. The Balaban J connectivity index is 2.08. The normalized spacial score (nSPS) is 15.1. The number of benzene rings is 1. The van der Waals surface area contributed by atoms with Crippen LogP contribution in [0.2, 0.25) is 0 Å². The van der Waals surface area contributed by atoms with Crippen LogP contribution < -0.4 is 4.74 Å². The van der Waals surface area contributed by atoms with Crippen LogP contribution in [0.5, 0.6) is 5.75 Å². The SMILES string of the molecule is CCCCCCC(F)CC(C)SCC(O)COc1ccccc1. The van der Waals surface area contributed by atoms with E-state index in [9.17, 15) is 9.50 Å². The summed E-state index contributed by atoms with van der Waals surface area (Å²) in [7, 11) is 0. The van der Waals surface area contributed by atoms with Gasteiger partial charge in [0.1, 0.15) is 18.5 Å². The van der Waals surface area contributed by atoms with Crippen LogP contribution in [0.3, 0.4) is 0 Å². The Labute approximate surface area is 144 Å². The lowest BCUT2D eigenvalue weighted by Crippen LogP contribution is -2.22. The van der Waals surface area contributed by atoms with Crippen molar-refractivity contribution in [2.45, 2.75) is 69.9 Å². The van der Waals surface area contributed by atoms with Gasteiger partial charge in [0.15, 0.2) is 0 Å². The maximum absolute atomic E-state index is 13.9. The summed E-state index contributed by atoms with van der Waals surface area (Å²) in [5.41, 5.74) is 0. The van der Waals surface area contributed by atoms with Crippen LogP contribution in [0.25, 0.3) is 0 Å². The highest BCUT2D eigenvalue weighted by Gasteiger charge is 2.14. The van der Waals surface area contributed by atoms with Crippen LogP contribution in [0, 0.1) is 0 Å². The van der Waals surface area contributed by atoms with Gasteiger partial charge in [0.05, 0.1) is 6.10 Å². The molecule has 132 valence electrons. The Morgan fingerprint density at radius 2 is 1.91 bits per heavy atom. The number of para-hydroxylation sites is 1. The van der Waals surface area contributed by atoms with Crippen LogP contribution in [-0.2, 0) is 0 Å². The molecule has 0 aliphatic rings. The first kappa shape index (κ1) is 20.3. The summed E-state index contributed by atoms with van der Waals surface area (Å²) >= 11 is 1.62. The molecule has 0 aromatic heterocycles. The van der Waals surface area contributed by atoms with E-state index in [0.29, 0.717) is 18.6 Å². The van der Waals surface area contributed by atoms with Crippen LogP contribution in [-0.4, -0.2) is 35.0 Å². The standard InChI is InChI=1S/C19H31FO2S/c1-3-4-5-7-10-17(20)13-16(2)23-15-18(21)14-22-19-11-8-6-9-12-19/h6,8-9,11-12,16-18,21H,3-5,7,10,13-15H2,1-2H3. The van der Waals surface area contributed by atoms with Crippen molar-refractivity contribution in [2.75, 3.05) is 12.4 Å². The largest absolute Gasteiger partial charge is 0.491 e. The Bertz CT molecular complexity index is 388. The van der Waals surface area contributed by atoms with Gasteiger partial charge in [-0.2, -0.15) is 11.8 Å². The predicted octanol–water partition coefficient (Wildman–Crippen LogP) is 5.25. The van der Waals surface area contributed by atoms with Gasteiger partial charge in [0.2, 0.25) is 0 Å². The lowest BCUT2D eigenvalue weighted by molar-refractivity contribution is 0.126. The maximum atomic E-state index is 13.9. The predicted molar refractivity (Wildman–Crippen MR) is 98.1 cm³/mol. The minimum atomic E-state index is -0.716. The number of alkyl halides is 1. The minimum absolute atomic E-state index is 0.225. The zero-order valence-electron chi connectivity index (χ0n) is 14.4. The number of rotatable bonds is 13. The third-order valence-corrected chi connectivity index (χ3v) is 5.06. The van der Waals surface area contributed by atoms with Crippen LogP contribution in [0.15, 0.2) is 30.3 Å². The van der Waals surface area contributed by atoms with Gasteiger partial charge in [0.25, 0.3) is 0 Å². The number of thioether (sulfide) groups is 1. The highest BCUT2D eigenvalue weighted by atomic mass is 32.2. The van der Waals surface area contributed by atoms with Crippen molar-refractivity contribution < 1.29 is 14.2 Å². The van der Waals surface area contributed by atoms with Crippen molar-refractivity contribution >= 4 is 11.8 Å². The smallest absolute Gasteiger partial charge is 0.119 e. The molecule has 0 amide bonds. The summed E-state index contributed by atoms with van der Waals surface area (Å²) in [6.45, 7) is 4.48. The van der Waals surface area contributed by atoms with E-state index in [1.54, 1.807) is 11.8 Å². The van der Waals surface area contributed by atoms with E-state index in [-0.39, 0.29) is 11.9 Å². The molecule has 2 nitrogen and oxygen atoms in total. The number of hydrogen-bond acceptors (Lipinski definition) is 3. The van der Waals surface area contributed by atoms with Crippen molar-refractivity contribution in [3.05, 3.63) is 30.3 Å². The minimum Gasteiger partial charge on any atom is -0.491 e. The molecule has 0 heterocycles. The van der Waals surface area contributed by atoms with Gasteiger partial charge >= 0.3 is 0 Å². The van der Waals surface area contributed by atoms with E-state index in [2.05, 4.69) is 6.92 Å². The first-order chi connectivity index (χ1) is 11.1. The van der Waals surface area contributed by atoms with Gasteiger partial charge < -0.3 is 9.84 Å². The van der Waals surface area contributed by atoms with Crippen molar-refractivity contribution in [1.29, 1.82) is 0 Å². The lowest BCUT2D eigenvalue weighted by Gasteiger charge is -2.17. The number of halogens is 1. The molecule has 3 atom stereocenters. The molecule has 0 bridgehead atoms. The van der Waals surface area contributed by atoms with E-state index < -0.39 is 12.3 Å². The zero-order valence-corrected chi connectivity index (χ0v) is 15.2. The molecule has 0 aliphatic heterocycles. The van der Waals surface area contributed by atoms with Crippen molar-refractivity contribution in [2.24, 2.45) is 0 Å². The third-order valence-electron chi connectivity index (χ3n) is 3.72. The van der Waals surface area contributed by atoms with Gasteiger partial charge in [-0.3, -0.25) is 0 Å². The third kappa shape index (κ3) is 10.6. The van der Waals surface area contributed by atoms with Crippen molar-refractivity contribution in [3.8, 4) is 5.75 Å². The second-order valence-electron chi connectivity index (χ2n) is 6.10. The fourth-order valence-electron chi connectivity index (χ4n) is 2.37. The molecule has 0 spiro atoms. The Morgan fingerprint density at radius 1 is 1.17 bits per heavy atom. The molecule has 1 N–H and O–H groups in total. The van der Waals surface area contributed by atoms with Crippen LogP contribution >= 0.6 is 11.8 Å². The fraction of sp³-hybridized carbons (Fsp3) is 0.684. The molecule has 4 heteroatoms. The quantitative estimate of drug-likeness (QED) is 0.497. The molecular weight excluding hydrogens is 311 g/mol. The summed E-state index contributed by atoms with van der Waals surface area (Å²) in [5.74, 6) is 1.34. The summed E-state index contributed by atoms with van der Waals surface area (Å²) in [4.78, 5) is 0. The van der Waals surface area contributed by atoms with Gasteiger partial charge in [0, 0.05) is 11.0 Å². The number of hydrogen-bond donors (Lipinski definition) is 1. The Kier molecular flexibility index (Phi) is 11.2. The average Bonchev–Trinajstić information content (AvgIpc) is 2.56. The van der Waals surface area contributed by atoms with Crippen molar-refractivity contribution in [3.63, 3.8) is 0 Å². The van der Waals surface area contributed by atoms with E-state index in [4.69, 9.17) is 4.74 Å². The van der Waals surface area contributed by atoms with Gasteiger partial charge in [-0.25, -0.2) is 4.39 Å². The maximum Gasteiger partial charge on any atom is 0.119 e. The molecular formula is C19H31FO2S. The molecule has 0 saturated carbocycles. The molecule has 1 rings (SSSR count). The molecule has 1 aromatic rings. The van der Waals surface area contributed by atoms with E-state index >= 15 is 0 Å². The molecule has 3 unspecified atom stereocenters. The van der Waals surface area contributed by atoms with Gasteiger partial charge in [-0.05, 0) is 25.0 Å². The summed E-state index contributed by atoms with van der Waals surface area (Å²) in [5, 5.41) is 10.2. The molecule has 0 radical (unpaired) electrons. The summed E-state index contributed by atoms with van der Waals surface area (Å²) in [6.07, 6.45) is 4.51. The van der Waals surface area contributed by atoms with E-state index in [1.165, 1.54) is 12.8 Å². The van der Waals surface area contributed by atoms with Gasteiger partial charge in [-0.15, -0.1) is 0 Å². The molecule has 0 aliphatic carbocycles. The first-order valence-electron chi connectivity index (χ1n) is 8.73. The second-order valence-corrected chi connectivity index (χ2v) is 7.58. The summed E-state index contributed by atoms with van der Waals surface area (Å²) < 4.78 is 19.4. The van der Waals surface area contributed by atoms with E-state index in [0.717, 1.165) is 18.6 Å². The van der Waals surface area contributed by atoms with Crippen LogP contribution in [0.1, 0.15) is 52.4 Å². The number of ether oxygens (including phenoxy) is 1. The topological polar surface area (TPSA) is 29.5 Å². The number of aliphatic hydroxyl groups is 1. The molecule has 0 fully saturated rings. The average molecular weight is 343 g/mol. The highest BCUT2D eigenvalue weighted by molar-refractivity contribution is 7.99. The van der Waals surface area contributed by atoms with Crippen LogP contribution in [0.4, 0.5) is 4.39 Å². The molecule has 0 saturated heterocycles. The van der Waals surface area contributed by atoms with Gasteiger partial charge in [-0.1, -0.05) is 57.7 Å². The summed E-state index contributed by atoms with van der Waals surface area (Å²) in [6, 6.07) is 9.47. The lowest BCUT2D eigenvalue weighted by atomic mass is 10.1. The van der Waals surface area contributed by atoms with E-state index in [1.807, 2.05) is 37.3 Å². The number of aliphatic hydroxyl groups excluding tert-OH is 1. The second kappa shape index (κ2) is 12.7. The Morgan fingerprint density at radius 3 is 2.61 bits per heavy atom. The van der Waals surface area contributed by atoms with Crippen molar-refractivity contribution in [1.82, 2.24) is 0 Å². The highest BCUT2D eigenvalue weighted by Crippen LogP contribution is 2.21. The monoisotopic (exact) mass is 342 g/mol. The zero-order chi connectivity index (χ0) is 16.9. The fourth-order valence-corrected chi connectivity index (χ4v) is 3.36. The number of unbranched alkanes of at least 4 members (excludes halogenated alkanes) is 3. The molecule has 23 heavy (non-hydrogen) atoms. The molecule has 1 aromatic carbocycles. The first-order valence-corrected chi connectivity index (χ1v) is 9.78.